The van der Waals surface area contributed by atoms with Gasteiger partial charge < -0.3 is 4.57 Å². The lowest BCUT2D eigenvalue weighted by Gasteiger charge is -2.21. The van der Waals surface area contributed by atoms with E-state index >= 15 is 0 Å². The summed E-state index contributed by atoms with van der Waals surface area (Å²) in [5.74, 6) is 6.89. The third kappa shape index (κ3) is 3.59. The molecule has 0 N–H and O–H groups in total. The SMILES string of the molecule is Cc1ncc(C#Cc2cnc3c(n2)C(c2ccc4ncn(C(C)(C)C)c4c2)=CC3)cn1. The number of rotatable bonds is 1. The maximum Gasteiger partial charge on any atom is 0.132 e. The Labute approximate surface area is 181 Å². The molecule has 0 atom stereocenters. The van der Waals surface area contributed by atoms with Crippen LogP contribution in [-0.2, 0) is 12.0 Å². The quantitative estimate of drug-likeness (QED) is 0.446. The van der Waals surface area contributed by atoms with Crippen LogP contribution >= 0.6 is 0 Å². The second kappa shape index (κ2) is 7.13. The zero-order chi connectivity index (χ0) is 21.6. The molecule has 3 aromatic heterocycles. The third-order valence-electron chi connectivity index (χ3n) is 5.30. The highest BCUT2D eigenvalue weighted by atomic mass is 15.1. The van der Waals surface area contributed by atoms with Gasteiger partial charge in [0.15, 0.2) is 0 Å². The summed E-state index contributed by atoms with van der Waals surface area (Å²) in [5.41, 5.74) is 7.52. The molecule has 0 fully saturated rings. The molecule has 0 unspecified atom stereocenters. The summed E-state index contributed by atoms with van der Waals surface area (Å²) >= 11 is 0. The Morgan fingerprint density at radius 3 is 2.55 bits per heavy atom. The Balaban J connectivity index is 1.52. The van der Waals surface area contributed by atoms with Crippen molar-refractivity contribution < 1.29 is 0 Å². The molecule has 0 bridgehead atoms. The summed E-state index contributed by atoms with van der Waals surface area (Å²) in [5, 5.41) is 0. The van der Waals surface area contributed by atoms with Crippen molar-refractivity contribution in [2.24, 2.45) is 0 Å². The van der Waals surface area contributed by atoms with Crippen LogP contribution in [0.5, 0.6) is 0 Å². The summed E-state index contributed by atoms with van der Waals surface area (Å²) < 4.78 is 2.21. The first-order chi connectivity index (χ1) is 14.9. The van der Waals surface area contributed by atoms with Gasteiger partial charge in [-0.3, -0.25) is 4.98 Å². The highest BCUT2D eigenvalue weighted by Crippen LogP contribution is 2.32. The Hall–Kier alpha value is -3.85. The lowest BCUT2D eigenvalue weighted by Crippen LogP contribution is -2.20. The molecule has 0 amide bonds. The van der Waals surface area contributed by atoms with Crippen molar-refractivity contribution in [3.8, 4) is 11.8 Å². The van der Waals surface area contributed by atoms with E-state index in [1.165, 1.54) is 0 Å². The first-order valence-electron chi connectivity index (χ1n) is 10.2. The minimum absolute atomic E-state index is 0.0441. The molecule has 0 spiro atoms. The molecule has 0 saturated heterocycles. The lowest BCUT2D eigenvalue weighted by molar-refractivity contribution is 0.408. The summed E-state index contributed by atoms with van der Waals surface area (Å²) in [6.45, 7) is 8.39. The van der Waals surface area contributed by atoms with Crippen LogP contribution in [0.2, 0.25) is 0 Å². The maximum atomic E-state index is 4.81. The van der Waals surface area contributed by atoms with Crippen LogP contribution in [0.4, 0.5) is 0 Å². The zero-order valence-electron chi connectivity index (χ0n) is 18.0. The minimum Gasteiger partial charge on any atom is -0.325 e. The average Bonchev–Trinajstić information content (AvgIpc) is 3.36. The molecule has 1 aliphatic carbocycles. The van der Waals surface area contributed by atoms with E-state index in [2.05, 4.69) is 81.4 Å². The van der Waals surface area contributed by atoms with Gasteiger partial charge in [-0.15, -0.1) is 0 Å². The largest absolute Gasteiger partial charge is 0.325 e. The van der Waals surface area contributed by atoms with Gasteiger partial charge in [0.1, 0.15) is 11.5 Å². The predicted octanol–water partition coefficient (Wildman–Crippen LogP) is 4.07. The molecular weight excluding hydrogens is 384 g/mol. The molecule has 0 radical (unpaired) electrons. The van der Waals surface area contributed by atoms with E-state index in [-0.39, 0.29) is 5.54 Å². The van der Waals surface area contributed by atoms with Gasteiger partial charge in [-0.1, -0.05) is 18.1 Å². The van der Waals surface area contributed by atoms with E-state index in [4.69, 9.17) is 4.98 Å². The Morgan fingerprint density at radius 1 is 0.968 bits per heavy atom. The fourth-order valence-electron chi connectivity index (χ4n) is 3.69. The lowest BCUT2D eigenvalue weighted by atomic mass is 10.0. The van der Waals surface area contributed by atoms with Crippen molar-refractivity contribution in [1.29, 1.82) is 0 Å². The van der Waals surface area contributed by atoms with Gasteiger partial charge in [-0.2, -0.15) is 0 Å². The number of imidazole rings is 1. The van der Waals surface area contributed by atoms with Crippen molar-refractivity contribution in [2.45, 2.75) is 39.7 Å². The minimum atomic E-state index is -0.0441. The maximum absolute atomic E-state index is 4.81. The fraction of sp³-hybridized carbons (Fsp3) is 0.240. The topological polar surface area (TPSA) is 69.4 Å². The van der Waals surface area contributed by atoms with E-state index in [1.54, 1.807) is 18.6 Å². The van der Waals surface area contributed by atoms with E-state index < -0.39 is 0 Å². The van der Waals surface area contributed by atoms with E-state index in [1.807, 2.05) is 13.3 Å². The van der Waals surface area contributed by atoms with Crippen LogP contribution in [-0.4, -0.2) is 29.5 Å². The molecule has 6 heteroatoms. The number of benzene rings is 1. The van der Waals surface area contributed by atoms with Crippen LogP contribution in [0, 0.1) is 18.8 Å². The van der Waals surface area contributed by atoms with Crippen molar-refractivity contribution in [1.82, 2.24) is 29.5 Å². The fourth-order valence-corrected chi connectivity index (χ4v) is 3.69. The normalized spacial score (nSPS) is 13.0. The summed E-state index contributed by atoms with van der Waals surface area (Å²) in [6.07, 6.45) is 10.0. The Bertz CT molecular complexity index is 1390. The number of hydrogen-bond donors (Lipinski definition) is 0. The second-order valence-electron chi connectivity index (χ2n) is 8.63. The van der Waals surface area contributed by atoms with Crippen molar-refractivity contribution in [2.75, 3.05) is 0 Å². The first kappa shape index (κ1) is 19.1. The Kier molecular flexibility index (Phi) is 4.40. The first-order valence-corrected chi connectivity index (χ1v) is 10.2. The predicted molar refractivity (Wildman–Crippen MR) is 120 cm³/mol. The van der Waals surface area contributed by atoms with E-state index in [0.29, 0.717) is 5.69 Å². The van der Waals surface area contributed by atoms with E-state index in [9.17, 15) is 0 Å². The average molecular weight is 406 g/mol. The molecular formula is C25H22N6. The summed E-state index contributed by atoms with van der Waals surface area (Å²) in [6, 6.07) is 6.37. The number of fused-ring (bicyclic) bond motifs is 2. The van der Waals surface area contributed by atoms with Crippen LogP contribution < -0.4 is 0 Å². The molecule has 1 aromatic carbocycles. The number of aryl methyl sites for hydroxylation is 1. The van der Waals surface area contributed by atoms with Crippen LogP contribution in [0.1, 0.15) is 54.8 Å². The molecule has 0 saturated carbocycles. The van der Waals surface area contributed by atoms with Gasteiger partial charge in [0.05, 0.1) is 40.5 Å². The molecule has 4 aromatic rings. The Morgan fingerprint density at radius 2 is 1.77 bits per heavy atom. The number of allylic oxidation sites excluding steroid dienone is 1. The monoisotopic (exact) mass is 406 g/mol. The van der Waals surface area contributed by atoms with Crippen LogP contribution in [0.25, 0.3) is 16.6 Å². The number of nitrogens with zero attached hydrogens (tertiary/aromatic N) is 6. The van der Waals surface area contributed by atoms with Gasteiger partial charge in [0, 0.05) is 29.9 Å². The van der Waals surface area contributed by atoms with E-state index in [0.717, 1.165) is 51.4 Å². The molecule has 3 heterocycles. The van der Waals surface area contributed by atoms with Crippen molar-refractivity contribution in [3.63, 3.8) is 0 Å². The van der Waals surface area contributed by atoms with Crippen LogP contribution in [0.3, 0.4) is 0 Å². The van der Waals surface area contributed by atoms with Gasteiger partial charge in [-0.25, -0.2) is 19.9 Å². The third-order valence-corrected chi connectivity index (χ3v) is 5.30. The number of aromatic nitrogens is 6. The smallest absolute Gasteiger partial charge is 0.132 e. The highest BCUT2D eigenvalue weighted by molar-refractivity contribution is 5.87. The molecule has 6 nitrogen and oxygen atoms in total. The molecule has 0 aliphatic heterocycles. The summed E-state index contributed by atoms with van der Waals surface area (Å²) in [4.78, 5) is 22.3. The second-order valence-corrected chi connectivity index (χ2v) is 8.63. The van der Waals surface area contributed by atoms with Crippen molar-refractivity contribution >= 4 is 16.6 Å². The van der Waals surface area contributed by atoms with Gasteiger partial charge in [-0.05, 0) is 51.3 Å². The molecule has 1 aliphatic rings. The van der Waals surface area contributed by atoms with Crippen LogP contribution in [0.15, 0.2) is 49.2 Å². The van der Waals surface area contributed by atoms with Gasteiger partial charge >= 0.3 is 0 Å². The van der Waals surface area contributed by atoms with Gasteiger partial charge in [0.2, 0.25) is 0 Å². The zero-order valence-corrected chi connectivity index (χ0v) is 18.0. The molecule has 31 heavy (non-hydrogen) atoms. The highest BCUT2D eigenvalue weighted by Gasteiger charge is 2.21. The van der Waals surface area contributed by atoms with Crippen molar-refractivity contribution in [3.05, 3.63) is 83.2 Å². The molecule has 152 valence electrons. The standard InChI is InChI=1S/C25H22N6/c1-16-26-12-17(13-27-16)5-7-19-14-28-22-10-8-20(24(22)30-19)18-6-9-21-23(11-18)31(15-29-21)25(2,3)4/h6,8-9,11-15H,10H2,1-4H3. The molecule has 5 rings (SSSR count). The van der Waals surface area contributed by atoms with Gasteiger partial charge in [0.25, 0.3) is 0 Å². The number of hydrogen-bond acceptors (Lipinski definition) is 5. The summed E-state index contributed by atoms with van der Waals surface area (Å²) in [7, 11) is 0.